The first kappa shape index (κ1) is 10.6. The molecule has 1 aromatic heterocycles. The van der Waals surface area contributed by atoms with Gasteiger partial charge in [0.05, 0.1) is 11.7 Å². The van der Waals surface area contributed by atoms with Crippen molar-refractivity contribution in [1.29, 1.82) is 0 Å². The standard InChI is InChI=1S/C12H19N3/c1-3-14-12(9(2)10-4-5-10)11-8-13-6-7-15-11/h6-10,12,14H,3-5H2,1-2H3. The Balaban J connectivity index is 2.11. The second kappa shape index (κ2) is 4.71. The van der Waals surface area contributed by atoms with Crippen LogP contribution in [0, 0.1) is 11.8 Å². The number of nitrogens with one attached hydrogen (secondary N) is 1. The van der Waals surface area contributed by atoms with Gasteiger partial charge in [0, 0.05) is 18.6 Å². The van der Waals surface area contributed by atoms with Crippen LogP contribution in [0.2, 0.25) is 0 Å². The highest BCUT2D eigenvalue weighted by atomic mass is 15.0. The maximum atomic E-state index is 4.40. The first-order valence-corrected chi connectivity index (χ1v) is 5.82. The van der Waals surface area contributed by atoms with Crippen LogP contribution in [0.5, 0.6) is 0 Å². The van der Waals surface area contributed by atoms with Crippen LogP contribution in [0.3, 0.4) is 0 Å². The SMILES string of the molecule is CCNC(c1cnccn1)C(C)C1CC1. The Morgan fingerprint density at radius 1 is 1.47 bits per heavy atom. The summed E-state index contributed by atoms with van der Waals surface area (Å²) in [5, 5.41) is 3.52. The summed E-state index contributed by atoms with van der Waals surface area (Å²) in [7, 11) is 0. The van der Waals surface area contributed by atoms with Crippen molar-refractivity contribution in [2.45, 2.75) is 32.7 Å². The molecule has 2 atom stereocenters. The fourth-order valence-corrected chi connectivity index (χ4v) is 2.15. The van der Waals surface area contributed by atoms with Crippen molar-refractivity contribution in [3.63, 3.8) is 0 Å². The van der Waals surface area contributed by atoms with E-state index < -0.39 is 0 Å². The number of hydrogen-bond donors (Lipinski definition) is 1. The normalized spacial score (nSPS) is 19.9. The van der Waals surface area contributed by atoms with Gasteiger partial charge in [-0.3, -0.25) is 9.97 Å². The maximum Gasteiger partial charge on any atom is 0.0758 e. The number of rotatable bonds is 5. The van der Waals surface area contributed by atoms with E-state index in [4.69, 9.17) is 0 Å². The molecule has 1 aliphatic carbocycles. The van der Waals surface area contributed by atoms with E-state index in [1.807, 2.05) is 6.20 Å². The smallest absolute Gasteiger partial charge is 0.0758 e. The van der Waals surface area contributed by atoms with Gasteiger partial charge in [0.25, 0.3) is 0 Å². The maximum absolute atomic E-state index is 4.40. The fraction of sp³-hybridized carbons (Fsp3) is 0.667. The van der Waals surface area contributed by atoms with E-state index in [-0.39, 0.29) is 0 Å². The predicted molar refractivity (Wildman–Crippen MR) is 60.3 cm³/mol. The van der Waals surface area contributed by atoms with E-state index in [0.717, 1.165) is 18.2 Å². The molecule has 1 fully saturated rings. The Bertz CT molecular complexity index is 295. The molecule has 2 unspecified atom stereocenters. The Morgan fingerprint density at radius 3 is 2.80 bits per heavy atom. The van der Waals surface area contributed by atoms with Crippen LogP contribution in [-0.4, -0.2) is 16.5 Å². The average Bonchev–Trinajstić information content (AvgIpc) is 3.10. The number of nitrogens with zero attached hydrogens (tertiary/aromatic N) is 2. The third-order valence-electron chi connectivity index (χ3n) is 3.22. The summed E-state index contributed by atoms with van der Waals surface area (Å²) in [4.78, 5) is 8.55. The lowest BCUT2D eigenvalue weighted by molar-refractivity contribution is 0.348. The van der Waals surface area contributed by atoms with Crippen molar-refractivity contribution >= 4 is 0 Å². The molecule has 0 spiro atoms. The first-order chi connectivity index (χ1) is 7.33. The molecule has 15 heavy (non-hydrogen) atoms. The summed E-state index contributed by atoms with van der Waals surface area (Å²) in [6.07, 6.45) is 8.15. The van der Waals surface area contributed by atoms with Gasteiger partial charge in [-0.2, -0.15) is 0 Å². The zero-order valence-corrected chi connectivity index (χ0v) is 9.48. The zero-order chi connectivity index (χ0) is 10.7. The molecule has 0 aliphatic heterocycles. The van der Waals surface area contributed by atoms with Crippen molar-refractivity contribution in [3.8, 4) is 0 Å². The predicted octanol–water partition coefficient (Wildman–Crippen LogP) is 2.17. The Morgan fingerprint density at radius 2 is 2.27 bits per heavy atom. The minimum atomic E-state index is 0.371. The molecule has 1 aliphatic rings. The minimum Gasteiger partial charge on any atom is -0.309 e. The molecule has 1 N–H and O–H groups in total. The highest BCUT2D eigenvalue weighted by Crippen LogP contribution is 2.42. The van der Waals surface area contributed by atoms with Crippen molar-refractivity contribution in [2.24, 2.45) is 11.8 Å². The molecule has 1 aromatic rings. The molecule has 3 heteroatoms. The summed E-state index contributed by atoms with van der Waals surface area (Å²) in [6, 6.07) is 0.371. The van der Waals surface area contributed by atoms with E-state index in [0.29, 0.717) is 12.0 Å². The third-order valence-corrected chi connectivity index (χ3v) is 3.22. The molecule has 2 rings (SSSR count). The monoisotopic (exact) mass is 205 g/mol. The van der Waals surface area contributed by atoms with Crippen molar-refractivity contribution < 1.29 is 0 Å². The molecule has 82 valence electrons. The molecule has 1 saturated carbocycles. The van der Waals surface area contributed by atoms with Crippen LogP contribution in [0.1, 0.15) is 38.4 Å². The van der Waals surface area contributed by atoms with Gasteiger partial charge in [0.1, 0.15) is 0 Å². The van der Waals surface area contributed by atoms with Gasteiger partial charge in [0.15, 0.2) is 0 Å². The Labute approximate surface area is 91.3 Å². The zero-order valence-electron chi connectivity index (χ0n) is 9.48. The van der Waals surface area contributed by atoms with E-state index in [2.05, 4.69) is 29.1 Å². The molecule has 0 amide bonds. The lowest BCUT2D eigenvalue weighted by Crippen LogP contribution is -2.28. The highest BCUT2D eigenvalue weighted by Gasteiger charge is 2.34. The Kier molecular flexibility index (Phi) is 3.31. The van der Waals surface area contributed by atoms with Crippen LogP contribution < -0.4 is 5.32 Å². The molecule has 0 aromatic carbocycles. The van der Waals surface area contributed by atoms with Crippen LogP contribution in [0.15, 0.2) is 18.6 Å². The van der Waals surface area contributed by atoms with Crippen molar-refractivity contribution in [3.05, 3.63) is 24.3 Å². The number of hydrogen-bond acceptors (Lipinski definition) is 3. The quantitative estimate of drug-likeness (QED) is 0.800. The van der Waals surface area contributed by atoms with Crippen LogP contribution in [0.4, 0.5) is 0 Å². The van der Waals surface area contributed by atoms with Gasteiger partial charge in [-0.1, -0.05) is 13.8 Å². The van der Waals surface area contributed by atoms with Crippen LogP contribution in [-0.2, 0) is 0 Å². The van der Waals surface area contributed by atoms with Gasteiger partial charge in [0.2, 0.25) is 0 Å². The Hall–Kier alpha value is -0.960. The average molecular weight is 205 g/mol. The van der Waals surface area contributed by atoms with E-state index in [1.54, 1.807) is 12.4 Å². The lowest BCUT2D eigenvalue weighted by Gasteiger charge is -2.23. The molecule has 1 heterocycles. The van der Waals surface area contributed by atoms with Gasteiger partial charge in [-0.05, 0) is 31.2 Å². The van der Waals surface area contributed by atoms with Crippen LogP contribution >= 0.6 is 0 Å². The van der Waals surface area contributed by atoms with Gasteiger partial charge < -0.3 is 5.32 Å². The van der Waals surface area contributed by atoms with E-state index in [1.165, 1.54) is 12.8 Å². The summed E-state index contributed by atoms with van der Waals surface area (Å²) in [5.41, 5.74) is 1.08. The molecular weight excluding hydrogens is 186 g/mol. The minimum absolute atomic E-state index is 0.371. The summed E-state index contributed by atoms with van der Waals surface area (Å²) < 4.78 is 0. The lowest BCUT2D eigenvalue weighted by atomic mass is 9.94. The molecular formula is C12H19N3. The second-order valence-electron chi connectivity index (χ2n) is 4.36. The number of aromatic nitrogens is 2. The van der Waals surface area contributed by atoms with Gasteiger partial charge >= 0.3 is 0 Å². The van der Waals surface area contributed by atoms with Gasteiger partial charge in [-0.15, -0.1) is 0 Å². The first-order valence-electron chi connectivity index (χ1n) is 5.82. The van der Waals surface area contributed by atoms with Gasteiger partial charge in [-0.25, -0.2) is 0 Å². The third kappa shape index (κ3) is 2.53. The summed E-state index contributed by atoms with van der Waals surface area (Å²) >= 11 is 0. The summed E-state index contributed by atoms with van der Waals surface area (Å²) in [6.45, 7) is 5.45. The second-order valence-corrected chi connectivity index (χ2v) is 4.36. The van der Waals surface area contributed by atoms with E-state index >= 15 is 0 Å². The molecule has 0 radical (unpaired) electrons. The van der Waals surface area contributed by atoms with Crippen molar-refractivity contribution in [2.75, 3.05) is 6.54 Å². The highest BCUT2D eigenvalue weighted by molar-refractivity contribution is 5.05. The van der Waals surface area contributed by atoms with Crippen LogP contribution in [0.25, 0.3) is 0 Å². The summed E-state index contributed by atoms with van der Waals surface area (Å²) in [5.74, 6) is 1.55. The molecule has 3 nitrogen and oxygen atoms in total. The van der Waals surface area contributed by atoms with Crippen molar-refractivity contribution in [1.82, 2.24) is 15.3 Å². The largest absolute Gasteiger partial charge is 0.309 e. The topological polar surface area (TPSA) is 37.8 Å². The fourth-order valence-electron chi connectivity index (χ4n) is 2.15. The van der Waals surface area contributed by atoms with E-state index in [9.17, 15) is 0 Å². The molecule has 0 saturated heterocycles. The molecule has 0 bridgehead atoms.